The van der Waals surface area contributed by atoms with Crippen LogP contribution in [0, 0.1) is 5.92 Å². The Morgan fingerprint density at radius 3 is 2.76 bits per heavy atom. The van der Waals surface area contributed by atoms with E-state index in [9.17, 15) is 0 Å². The predicted octanol–water partition coefficient (Wildman–Crippen LogP) is 3.69. The monoisotopic (exact) mass is 297 g/mol. The van der Waals surface area contributed by atoms with Crippen molar-refractivity contribution >= 4 is 15.9 Å². The first-order chi connectivity index (χ1) is 8.11. The summed E-state index contributed by atoms with van der Waals surface area (Å²) in [7, 11) is 3.93. The van der Waals surface area contributed by atoms with Crippen molar-refractivity contribution in [2.24, 2.45) is 5.92 Å². The van der Waals surface area contributed by atoms with Crippen LogP contribution in [0.3, 0.4) is 0 Å². The van der Waals surface area contributed by atoms with Crippen LogP contribution in [0.25, 0.3) is 0 Å². The number of hydrogen-bond donors (Lipinski definition) is 0. The Morgan fingerprint density at radius 2 is 2.18 bits per heavy atom. The van der Waals surface area contributed by atoms with Crippen molar-refractivity contribution in [3.05, 3.63) is 28.2 Å². The number of nitrogens with zero attached hydrogens (tertiary/aromatic N) is 1. The fourth-order valence-corrected chi connectivity index (χ4v) is 2.63. The molecule has 1 aliphatic carbocycles. The molecule has 2 rings (SSSR count). The molecular weight excluding hydrogens is 278 g/mol. The Bertz CT molecular complexity index is 390. The number of benzene rings is 1. The molecule has 1 unspecified atom stereocenters. The molecule has 1 aromatic carbocycles. The van der Waals surface area contributed by atoms with Gasteiger partial charge in [-0.05, 0) is 50.9 Å². The maximum atomic E-state index is 5.41. The zero-order valence-electron chi connectivity index (χ0n) is 10.7. The van der Waals surface area contributed by atoms with Crippen LogP contribution in [0.2, 0.25) is 0 Å². The van der Waals surface area contributed by atoms with Crippen LogP contribution in [0.1, 0.15) is 25.3 Å². The molecule has 0 aliphatic heterocycles. The third kappa shape index (κ3) is 3.23. The second-order valence-electron chi connectivity index (χ2n) is 4.95. The van der Waals surface area contributed by atoms with Gasteiger partial charge in [-0.15, -0.1) is 0 Å². The van der Waals surface area contributed by atoms with Gasteiger partial charge >= 0.3 is 0 Å². The standard InChI is InChI=1S/C14H20BrNO/c1-10(11-4-5-11)16(2)9-12-8-13(15)6-7-14(12)17-3/h6-8,10-11H,4-5,9H2,1-3H3. The molecule has 1 atom stereocenters. The van der Waals surface area contributed by atoms with Crippen LogP contribution in [-0.4, -0.2) is 25.1 Å². The summed E-state index contributed by atoms with van der Waals surface area (Å²) in [6.45, 7) is 3.27. The van der Waals surface area contributed by atoms with Gasteiger partial charge in [0, 0.05) is 22.6 Å². The Labute approximate surface area is 112 Å². The lowest BCUT2D eigenvalue weighted by Gasteiger charge is -2.25. The van der Waals surface area contributed by atoms with Crippen LogP contribution < -0.4 is 4.74 Å². The van der Waals surface area contributed by atoms with Crippen molar-refractivity contribution in [1.29, 1.82) is 0 Å². The Morgan fingerprint density at radius 1 is 1.47 bits per heavy atom. The summed E-state index contributed by atoms with van der Waals surface area (Å²) >= 11 is 3.52. The molecule has 3 heteroatoms. The van der Waals surface area contributed by atoms with Crippen molar-refractivity contribution in [3.63, 3.8) is 0 Å². The molecule has 0 amide bonds. The third-order valence-corrected chi connectivity index (χ3v) is 4.15. The molecule has 0 heterocycles. The van der Waals surface area contributed by atoms with E-state index in [4.69, 9.17) is 4.74 Å². The zero-order chi connectivity index (χ0) is 12.4. The van der Waals surface area contributed by atoms with Gasteiger partial charge in [0.25, 0.3) is 0 Å². The second-order valence-corrected chi connectivity index (χ2v) is 5.86. The van der Waals surface area contributed by atoms with E-state index in [0.717, 1.165) is 22.7 Å². The van der Waals surface area contributed by atoms with Crippen LogP contribution >= 0.6 is 15.9 Å². The summed E-state index contributed by atoms with van der Waals surface area (Å²) < 4.78 is 6.52. The largest absolute Gasteiger partial charge is 0.496 e. The second kappa shape index (κ2) is 5.40. The summed E-state index contributed by atoms with van der Waals surface area (Å²) in [5.41, 5.74) is 1.25. The van der Waals surface area contributed by atoms with E-state index in [1.54, 1.807) is 7.11 Å². The Kier molecular flexibility index (Phi) is 4.10. The number of methoxy groups -OCH3 is 1. The topological polar surface area (TPSA) is 12.5 Å². The fraction of sp³-hybridized carbons (Fsp3) is 0.571. The smallest absolute Gasteiger partial charge is 0.123 e. The van der Waals surface area contributed by atoms with Crippen molar-refractivity contribution in [2.45, 2.75) is 32.4 Å². The van der Waals surface area contributed by atoms with E-state index in [1.165, 1.54) is 18.4 Å². The first kappa shape index (κ1) is 12.9. The quantitative estimate of drug-likeness (QED) is 0.822. The number of halogens is 1. The van der Waals surface area contributed by atoms with E-state index in [-0.39, 0.29) is 0 Å². The normalized spacial score (nSPS) is 17.2. The average Bonchev–Trinajstić information content (AvgIpc) is 3.12. The van der Waals surface area contributed by atoms with Crippen LogP contribution in [0.5, 0.6) is 5.75 Å². The summed E-state index contributed by atoms with van der Waals surface area (Å²) in [6.07, 6.45) is 2.78. The lowest BCUT2D eigenvalue weighted by atomic mass is 10.1. The first-order valence-corrected chi connectivity index (χ1v) is 6.93. The lowest BCUT2D eigenvalue weighted by molar-refractivity contribution is 0.223. The molecule has 0 radical (unpaired) electrons. The molecular formula is C14H20BrNO. The van der Waals surface area contributed by atoms with Gasteiger partial charge < -0.3 is 4.74 Å². The zero-order valence-corrected chi connectivity index (χ0v) is 12.3. The van der Waals surface area contributed by atoms with Crippen LogP contribution in [0.4, 0.5) is 0 Å². The van der Waals surface area contributed by atoms with Crippen molar-refractivity contribution < 1.29 is 4.74 Å². The minimum Gasteiger partial charge on any atom is -0.496 e. The van der Waals surface area contributed by atoms with Gasteiger partial charge in [0.15, 0.2) is 0 Å². The average molecular weight is 298 g/mol. The highest BCUT2D eigenvalue weighted by molar-refractivity contribution is 9.10. The SMILES string of the molecule is COc1ccc(Br)cc1CN(C)C(C)C1CC1. The minimum absolute atomic E-state index is 0.665. The summed E-state index contributed by atoms with van der Waals surface area (Å²) in [6, 6.07) is 6.86. The lowest BCUT2D eigenvalue weighted by Crippen LogP contribution is -2.30. The third-order valence-electron chi connectivity index (χ3n) is 3.66. The molecule has 0 bridgehead atoms. The highest BCUT2D eigenvalue weighted by atomic mass is 79.9. The van der Waals surface area contributed by atoms with Crippen LogP contribution in [0.15, 0.2) is 22.7 Å². The molecule has 17 heavy (non-hydrogen) atoms. The highest BCUT2D eigenvalue weighted by Crippen LogP contribution is 2.35. The first-order valence-electron chi connectivity index (χ1n) is 6.14. The predicted molar refractivity (Wildman–Crippen MR) is 74.3 cm³/mol. The maximum absolute atomic E-state index is 5.41. The molecule has 2 nitrogen and oxygen atoms in total. The van der Waals surface area contributed by atoms with Crippen molar-refractivity contribution in [1.82, 2.24) is 4.90 Å². The summed E-state index contributed by atoms with van der Waals surface area (Å²) in [5, 5.41) is 0. The van der Waals surface area contributed by atoms with Crippen LogP contribution in [-0.2, 0) is 6.54 Å². The van der Waals surface area contributed by atoms with Crippen molar-refractivity contribution in [2.75, 3.05) is 14.2 Å². The number of rotatable bonds is 5. The van der Waals surface area contributed by atoms with Gasteiger partial charge in [-0.1, -0.05) is 15.9 Å². The van der Waals surface area contributed by atoms with E-state index in [1.807, 2.05) is 12.1 Å². The molecule has 0 spiro atoms. The summed E-state index contributed by atoms with van der Waals surface area (Å²) in [5.74, 6) is 1.88. The van der Waals surface area contributed by atoms with Gasteiger partial charge in [-0.2, -0.15) is 0 Å². The van der Waals surface area contributed by atoms with E-state index in [2.05, 4.69) is 40.9 Å². The van der Waals surface area contributed by atoms with E-state index in [0.29, 0.717) is 6.04 Å². The maximum Gasteiger partial charge on any atom is 0.123 e. The minimum atomic E-state index is 0.665. The molecule has 0 aromatic heterocycles. The van der Waals surface area contributed by atoms with Crippen molar-refractivity contribution in [3.8, 4) is 5.75 Å². The van der Waals surface area contributed by atoms with Gasteiger partial charge in [0.2, 0.25) is 0 Å². The van der Waals surface area contributed by atoms with Gasteiger partial charge in [0.05, 0.1) is 7.11 Å². The molecule has 0 N–H and O–H groups in total. The summed E-state index contributed by atoms with van der Waals surface area (Å²) in [4.78, 5) is 2.42. The fourth-order valence-electron chi connectivity index (χ4n) is 2.22. The van der Waals surface area contributed by atoms with Gasteiger partial charge in [-0.25, -0.2) is 0 Å². The molecule has 0 saturated heterocycles. The molecule has 1 fully saturated rings. The Balaban J connectivity index is 2.08. The van der Waals surface area contributed by atoms with Gasteiger partial charge in [-0.3, -0.25) is 4.90 Å². The molecule has 1 aliphatic rings. The molecule has 94 valence electrons. The molecule has 1 saturated carbocycles. The Hall–Kier alpha value is -0.540. The van der Waals surface area contributed by atoms with E-state index >= 15 is 0 Å². The number of hydrogen-bond acceptors (Lipinski definition) is 2. The highest BCUT2D eigenvalue weighted by Gasteiger charge is 2.30. The van der Waals surface area contributed by atoms with Gasteiger partial charge in [0.1, 0.15) is 5.75 Å². The number of ether oxygens (including phenoxy) is 1. The van der Waals surface area contributed by atoms with E-state index < -0.39 is 0 Å². The molecule has 1 aromatic rings.